The molecule has 3 rings (SSSR count). The second-order valence-electron chi connectivity index (χ2n) is 4.95. The molecular formula is C18H16O2. The minimum atomic E-state index is 0.150. The van der Waals surface area contributed by atoms with Gasteiger partial charge in [-0.2, -0.15) is 0 Å². The van der Waals surface area contributed by atoms with Crippen molar-refractivity contribution < 1.29 is 9.21 Å². The maximum Gasteiger partial charge on any atom is 0.185 e. The molecule has 0 bridgehead atoms. The topological polar surface area (TPSA) is 30.2 Å². The first-order valence-electron chi connectivity index (χ1n) is 6.87. The van der Waals surface area contributed by atoms with Gasteiger partial charge in [-0.3, -0.25) is 4.79 Å². The largest absolute Gasteiger partial charge is 0.465 e. The summed E-state index contributed by atoms with van der Waals surface area (Å²) >= 11 is 0. The summed E-state index contributed by atoms with van der Waals surface area (Å²) < 4.78 is 5.29. The van der Waals surface area contributed by atoms with Crippen LogP contribution in [0.2, 0.25) is 0 Å². The average molecular weight is 264 g/mol. The van der Waals surface area contributed by atoms with E-state index in [0.717, 1.165) is 41.7 Å². The number of benzene rings is 1. The van der Waals surface area contributed by atoms with E-state index in [1.807, 2.05) is 54.6 Å². The van der Waals surface area contributed by atoms with Crippen LogP contribution in [-0.2, 0) is 4.79 Å². The molecule has 1 aliphatic rings. The minimum Gasteiger partial charge on any atom is -0.465 e. The Morgan fingerprint density at radius 2 is 1.65 bits per heavy atom. The number of rotatable bonds is 2. The number of allylic oxidation sites excluding steroid dienone is 2. The third-order valence-corrected chi connectivity index (χ3v) is 3.48. The minimum absolute atomic E-state index is 0.150. The molecule has 0 unspecified atom stereocenters. The summed E-state index contributed by atoms with van der Waals surface area (Å²) in [6.07, 6.45) is 8.17. The Bertz CT molecular complexity index is 646. The van der Waals surface area contributed by atoms with Gasteiger partial charge in [0.05, 0.1) is 6.26 Å². The molecule has 20 heavy (non-hydrogen) atoms. The van der Waals surface area contributed by atoms with Crippen molar-refractivity contribution in [2.75, 3.05) is 0 Å². The van der Waals surface area contributed by atoms with Gasteiger partial charge >= 0.3 is 0 Å². The van der Waals surface area contributed by atoms with E-state index < -0.39 is 0 Å². The lowest BCUT2D eigenvalue weighted by Gasteiger charge is -2.16. The third kappa shape index (κ3) is 2.80. The van der Waals surface area contributed by atoms with Crippen LogP contribution in [0.3, 0.4) is 0 Å². The van der Waals surface area contributed by atoms with Crippen LogP contribution in [0, 0.1) is 0 Å². The first-order valence-corrected chi connectivity index (χ1v) is 6.87. The van der Waals surface area contributed by atoms with Crippen molar-refractivity contribution in [2.24, 2.45) is 0 Å². The Morgan fingerprint density at radius 3 is 2.35 bits per heavy atom. The van der Waals surface area contributed by atoms with Crippen LogP contribution in [0.15, 0.2) is 64.3 Å². The SMILES string of the molecule is O=C1/C(=C\c2ccccc2)CCC/C1=C\c1ccco1. The lowest BCUT2D eigenvalue weighted by atomic mass is 9.87. The van der Waals surface area contributed by atoms with Gasteiger partial charge in [0.15, 0.2) is 5.78 Å². The Labute approximate surface area is 118 Å². The number of hydrogen-bond donors (Lipinski definition) is 0. The van der Waals surface area contributed by atoms with Crippen LogP contribution in [0.4, 0.5) is 0 Å². The van der Waals surface area contributed by atoms with Gasteiger partial charge in [-0.05, 0) is 49.1 Å². The van der Waals surface area contributed by atoms with Gasteiger partial charge in [-0.1, -0.05) is 30.3 Å². The summed E-state index contributed by atoms with van der Waals surface area (Å²) in [5.41, 5.74) is 2.81. The number of hydrogen-bond acceptors (Lipinski definition) is 2. The predicted molar refractivity (Wildman–Crippen MR) is 80.0 cm³/mol. The van der Waals surface area contributed by atoms with Crippen LogP contribution < -0.4 is 0 Å². The summed E-state index contributed by atoms with van der Waals surface area (Å²) in [4.78, 5) is 12.5. The standard InChI is InChI=1S/C18H16O2/c19-18-15(12-14-6-2-1-3-7-14)8-4-9-16(18)13-17-10-5-11-20-17/h1-3,5-7,10-13H,4,8-9H2/b15-12-,16-13+. The summed E-state index contributed by atoms with van der Waals surface area (Å²) in [5.74, 6) is 0.894. The molecule has 0 N–H and O–H groups in total. The molecule has 1 aromatic heterocycles. The van der Waals surface area contributed by atoms with Crippen LogP contribution in [0.5, 0.6) is 0 Å². The van der Waals surface area contributed by atoms with E-state index in [0.29, 0.717) is 0 Å². The zero-order valence-corrected chi connectivity index (χ0v) is 11.2. The Morgan fingerprint density at radius 1 is 0.900 bits per heavy atom. The van der Waals surface area contributed by atoms with Crippen molar-refractivity contribution in [1.29, 1.82) is 0 Å². The van der Waals surface area contributed by atoms with Crippen molar-refractivity contribution in [2.45, 2.75) is 19.3 Å². The number of ketones is 1. The molecule has 0 aliphatic heterocycles. The molecule has 2 heteroatoms. The van der Waals surface area contributed by atoms with Crippen molar-refractivity contribution in [3.63, 3.8) is 0 Å². The third-order valence-electron chi connectivity index (χ3n) is 3.48. The highest BCUT2D eigenvalue weighted by Crippen LogP contribution is 2.28. The Kier molecular flexibility index (Phi) is 3.64. The first-order chi connectivity index (χ1) is 9.83. The number of furan rings is 1. The van der Waals surface area contributed by atoms with E-state index in [-0.39, 0.29) is 5.78 Å². The van der Waals surface area contributed by atoms with Crippen molar-refractivity contribution >= 4 is 17.9 Å². The van der Waals surface area contributed by atoms with Crippen LogP contribution >= 0.6 is 0 Å². The fourth-order valence-corrected chi connectivity index (χ4v) is 2.47. The van der Waals surface area contributed by atoms with Gasteiger partial charge in [0, 0.05) is 11.1 Å². The van der Waals surface area contributed by atoms with Gasteiger partial charge < -0.3 is 4.42 Å². The lowest BCUT2D eigenvalue weighted by molar-refractivity contribution is -0.112. The van der Waals surface area contributed by atoms with E-state index in [1.165, 1.54) is 0 Å². The highest BCUT2D eigenvalue weighted by Gasteiger charge is 2.20. The maximum absolute atomic E-state index is 12.5. The second kappa shape index (κ2) is 5.74. The average Bonchev–Trinajstić information content (AvgIpc) is 2.97. The van der Waals surface area contributed by atoms with E-state index >= 15 is 0 Å². The molecule has 100 valence electrons. The number of Topliss-reactive ketones (excluding diaryl/α,β-unsaturated/α-hetero) is 1. The zero-order valence-electron chi connectivity index (χ0n) is 11.2. The second-order valence-corrected chi connectivity index (χ2v) is 4.95. The number of carbonyl (C=O) groups excluding carboxylic acids is 1. The monoisotopic (exact) mass is 264 g/mol. The number of carbonyl (C=O) groups is 1. The van der Waals surface area contributed by atoms with Crippen LogP contribution in [0.1, 0.15) is 30.6 Å². The fraction of sp³-hybridized carbons (Fsp3) is 0.167. The summed E-state index contributed by atoms with van der Waals surface area (Å²) in [6, 6.07) is 13.7. The van der Waals surface area contributed by atoms with Gasteiger partial charge in [0.2, 0.25) is 0 Å². The molecule has 1 aromatic carbocycles. The van der Waals surface area contributed by atoms with Gasteiger partial charge in [0.1, 0.15) is 5.76 Å². The highest BCUT2D eigenvalue weighted by molar-refractivity contribution is 6.13. The molecule has 2 aromatic rings. The summed E-state index contributed by atoms with van der Waals surface area (Å²) in [6.45, 7) is 0. The molecule has 1 heterocycles. The van der Waals surface area contributed by atoms with Crippen molar-refractivity contribution in [1.82, 2.24) is 0 Å². The fourth-order valence-electron chi connectivity index (χ4n) is 2.47. The first kappa shape index (κ1) is 12.7. The van der Waals surface area contributed by atoms with Gasteiger partial charge in [0.25, 0.3) is 0 Å². The molecule has 1 saturated carbocycles. The lowest BCUT2D eigenvalue weighted by Crippen LogP contribution is -2.12. The normalized spacial score (nSPS) is 19.7. The van der Waals surface area contributed by atoms with Crippen molar-refractivity contribution in [3.05, 3.63) is 71.2 Å². The molecule has 0 spiro atoms. The smallest absolute Gasteiger partial charge is 0.185 e. The molecule has 0 radical (unpaired) electrons. The zero-order chi connectivity index (χ0) is 13.8. The summed E-state index contributed by atoms with van der Waals surface area (Å²) in [5, 5.41) is 0. The van der Waals surface area contributed by atoms with E-state index in [2.05, 4.69) is 0 Å². The summed E-state index contributed by atoms with van der Waals surface area (Å²) in [7, 11) is 0. The molecule has 1 fully saturated rings. The predicted octanol–water partition coefficient (Wildman–Crippen LogP) is 4.50. The van der Waals surface area contributed by atoms with Crippen LogP contribution in [0.25, 0.3) is 12.2 Å². The Balaban J connectivity index is 1.88. The van der Waals surface area contributed by atoms with E-state index in [9.17, 15) is 4.79 Å². The highest BCUT2D eigenvalue weighted by atomic mass is 16.3. The molecule has 0 saturated heterocycles. The van der Waals surface area contributed by atoms with Gasteiger partial charge in [-0.25, -0.2) is 0 Å². The molecule has 2 nitrogen and oxygen atoms in total. The Hall–Kier alpha value is -2.35. The molecular weight excluding hydrogens is 248 g/mol. The molecule has 0 atom stereocenters. The van der Waals surface area contributed by atoms with E-state index in [4.69, 9.17) is 4.42 Å². The van der Waals surface area contributed by atoms with Crippen molar-refractivity contribution in [3.8, 4) is 0 Å². The van der Waals surface area contributed by atoms with Crippen LogP contribution in [-0.4, -0.2) is 5.78 Å². The van der Waals surface area contributed by atoms with Gasteiger partial charge in [-0.15, -0.1) is 0 Å². The molecule has 0 amide bonds. The molecule has 1 aliphatic carbocycles. The quantitative estimate of drug-likeness (QED) is 0.747. The maximum atomic E-state index is 12.5. The van der Waals surface area contributed by atoms with E-state index in [1.54, 1.807) is 6.26 Å².